The van der Waals surface area contributed by atoms with Gasteiger partial charge < -0.3 is 19.4 Å². The highest BCUT2D eigenvalue weighted by Crippen LogP contribution is 2.32. The Morgan fingerprint density at radius 1 is 1.36 bits per heavy atom. The number of benzene rings is 1. The zero-order chi connectivity index (χ0) is 16.3. The fourth-order valence-electron chi connectivity index (χ4n) is 1.68. The van der Waals surface area contributed by atoms with Crippen molar-refractivity contribution in [2.75, 3.05) is 7.11 Å². The van der Waals surface area contributed by atoms with Crippen molar-refractivity contribution in [2.24, 2.45) is 0 Å². The van der Waals surface area contributed by atoms with E-state index in [-0.39, 0.29) is 10.7 Å². The second kappa shape index (κ2) is 6.52. The van der Waals surface area contributed by atoms with Gasteiger partial charge in [-0.05, 0) is 42.5 Å². The summed E-state index contributed by atoms with van der Waals surface area (Å²) >= 11 is 0.804. The highest BCUT2D eigenvalue weighted by molar-refractivity contribution is 8.18. The van der Waals surface area contributed by atoms with E-state index < -0.39 is 23.2 Å². The Labute approximate surface area is 130 Å². The number of imide groups is 1. The van der Waals surface area contributed by atoms with Gasteiger partial charge in [-0.1, -0.05) is 6.07 Å². The number of hydrogen-bond acceptors (Lipinski definition) is 7. The summed E-state index contributed by atoms with van der Waals surface area (Å²) in [4.78, 5) is 33.6. The quantitative estimate of drug-likeness (QED) is 0.789. The van der Waals surface area contributed by atoms with Gasteiger partial charge in [-0.25, -0.2) is 0 Å². The topological polar surface area (TPSA) is 105 Å². The number of amides is 2. The molecule has 0 radical (unpaired) electrons. The van der Waals surface area contributed by atoms with Gasteiger partial charge in [-0.2, -0.15) is 0 Å². The fourth-order valence-corrected chi connectivity index (χ4v) is 2.36. The van der Waals surface area contributed by atoms with Crippen LogP contribution in [0.5, 0.6) is 11.5 Å². The molecule has 0 saturated carbocycles. The minimum atomic E-state index is -1.34. The van der Waals surface area contributed by atoms with Crippen LogP contribution in [-0.2, 0) is 9.59 Å². The van der Waals surface area contributed by atoms with Crippen molar-refractivity contribution in [1.82, 2.24) is 5.32 Å². The lowest BCUT2D eigenvalue weighted by molar-refractivity contribution is -0.312. The van der Waals surface area contributed by atoms with Crippen LogP contribution in [0.25, 0.3) is 6.08 Å². The van der Waals surface area contributed by atoms with Gasteiger partial charge in [0.25, 0.3) is 11.1 Å². The van der Waals surface area contributed by atoms with Crippen LogP contribution in [0, 0.1) is 0 Å². The second-order valence-corrected chi connectivity index (χ2v) is 5.36. The van der Waals surface area contributed by atoms with Crippen LogP contribution >= 0.6 is 11.8 Å². The van der Waals surface area contributed by atoms with E-state index in [1.807, 2.05) is 0 Å². The van der Waals surface area contributed by atoms with Gasteiger partial charge in [-0.15, -0.1) is 0 Å². The Kier molecular flexibility index (Phi) is 4.71. The number of carbonyl (C=O) groups is 3. The van der Waals surface area contributed by atoms with E-state index in [1.165, 1.54) is 26.2 Å². The molecule has 7 nitrogen and oxygen atoms in total. The van der Waals surface area contributed by atoms with E-state index in [0.717, 1.165) is 11.8 Å². The minimum absolute atomic E-state index is 0.237. The smallest absolute Gasteiger partial charge is 0.290 e. The van der Waals surface area contributed by atoms with Crippen LogP contribution in [0.2, 0.25) is 0 Å². The van der Waals surface area contributed by atoms with Crippen molar-refractivity contribution >= 4 is 35.0 Å². The van der Waals surface area contributed by atoms with E-state index in [1.54, 1.807) is 12.1 Å². The third-order valence-electron chi connectivity index (χ3n) is 2.76. The molecule has 116 valence electrons. The summed E-state index contributed by atoms with van der Waals surface area (Å²) < 4.78 is 10.4. The second-order valence-electron chi connectivity index (χ2n) is 4.34. The van der Waals surface area contributed by atoms with Gasteiger partial charge in [0.2, 0.25) is 0 Å². The molecule has 1 aromatic carbocycles. The molecule has 1 atom stereocenters. The van der Waals surface area contributed by atoms with Gasteiger partial charge >= 0.3 is 0 Å². The number of carboxylic acid groups (broad SMARTS) is 1. The largest absolute Gasteiger partial charge is 0.546 e. The molecule has 1 N–H and O–H groups in total. The number of carboxylic acids is 1. The molecule has 0 bridgehead atoms. The molecule has 1 aromatic rings. The van der Waals surface area contributed by atoms with Crippen molar-refractivity contribution in [2.45, 2.75) is 13.0 Å². The van der Waals surface area contributed by atoms with Gasteiger partial charge in [0.15, 0.2) is 11.5 Å². The molecule has 0 spiro atoms. The molecular formula is C14H12NO6S-. The number of nitrogens with one attached hydrogen (secondary N) is 1. The molecular weight excluding hydrogens is 310 g/mol. The Hall–Kier alpha value is -2.48. The van der Waals surface area contributed by atoms with Crippen molar-refractivity contribution in [3.05, 3.63) is 28.7 Å². The molecule has 2 rings (SSSR count). The molecule has 1 fully saturated rings. The summed E-state index contributed by atoms with van der Waals surface area (Å²) in [6.07, 6.45) is 0.395. The van der Waals surface area contributed by atoms with Crippen molar-refractivity contribution in [1.29, 1.82) is 0 Å². The Morgan fingerprint density at radius 3 is 2.64 bits per heavy atom. The molecule has 8 heteroatoms. The van der Waals surface area contributed by atoms with Gasteiger partial charge in [0.1, 0.15) is 6.10 Å². The third kappa shape index (κ3) is 3.59. The highest BCUT2D eigenvalue weighted by atomic mass is 32.2. The third-order valence-corrected chi connectivity index (χ3v) is 3.57. The lowest BCUT2D eigenvalue weighted by atomic mass is 10.2. The summed E-state index contributed by atoms with van der Waals surface area (Å²) in [5.41, 5.74) is 0.609. The van der Waals surface area contributed by atoms with E-state index in [0.29, 0.717) is 11.3 Å². The first-order valence-electron chi connectivity index (χ1n) is 6.21. The molecule has 1 heterocycles. The monoisotopic (exact) mass is 322 g/mol. The van der Waals surface area contributed by atoms with Crippen LogP contribution in [0.15, 0.2) is 23.1 Å². The number of carbonyl (C=O) groups excluding carboxylic acids is 3. The van der Waals surface area contributed by atoms with Crippen LogP contribution in [0.3, 0.4) is 0 Å². The van der Waals surface area contributed by atoms with Gasteiger partial charge in [0.05, 0.1) is 18.0 Å². The standard InChI is InChI=1S/C14H13NO6S/c1-7(13(17)18)21-9-4-3-8(5-10(9)20-2)6-11-12(16)15-14(19)22-11/h3-7H,1-2H3,(H,17,18)(H,15,16,19)/p-1/b11-6-/t7-/m0/s1. The molecule has 2 amide bonds. The van der Waals surface area contributed by atoms with E-state index in [9.17, 15) is 19.5 Å². The SMILES string of the molecule is COc1cc(/C=C2\SC(=O)NC2=O)ccc1O[C@@H](C)C(=O)[O-]. The number of rotatable bonds is 5. The van der Waals surface area contributed by atoms with E-state index >= 15 is 0 Å². The molecule has 1 aliphatic heterocycles. The maximum absolute atomic E-state index is 11.5. The first-order chi connectivity index (χ1) is 10.4. The number of ether oxygens (including phenoxy) is 2. The Bertz CT molecular complexity index is 669. The average Bonchev–Trinajstić information content (AvgIpc) is 2.78. The summed E-state index contributed by atoms with van der Waals surface area (Å²) in [6.45, 7) is 1.34. The van der Waals surface area contributed by atoms with E-state index in [2.05, 4.69) is 5.32 Å². The number of aliphatic carboxylic acids is 1. The lowest BCUT2D eigenvalue weighted by Gasteiger charge is -2.17. The normalized spacial score (nSPS) is 17.3. The summed E-state index contributed by atoms with van der Waals surface area (Å²) in [5, 5.41) is 12.4. The molecule has 22 heavy (non-hydrogen) atoms. The van der Waals surface area contributed by atoms with Crippen molar-refractivity contribution in [3.8, 4) is 11.5 Å². The zero-order valence-corrected chi connectivity index (χ0v) is 12.6. The molecule has 0 aliphatic carbocycles. The Balaban J connectivity index is 2.26. The van der Waals surface area contributed by atoms with Gasteiger partial charge in [0, 0.05) is 0 Å². The number of hydrogen-bond donors (Lipinski definition) is 1. The first kappa shape index (κ1) is 15.9. The Morgan fingerprint density at radius 2 is 2.09 bits per heavy atom. The lowest BCUT2D eigenvalue weighted by Crippen LogP contribution is -2.37. The number of thioether (sulfide) groups is 1. The molecule has 0 unspecified atom stereocenters. The van der Waals surface area contributed by atoms with Crippen molar-refractivity contribution < 1.29 is 29.0 Å². The molecule has 1 aliphatic rings. The van der Waals surface area contributed by atoms with Crippen LogP contribution in [0.1, 0.15) is 12.5 Å². The van der Waals surface area contributed by atoms with Crippen LogP contribution in [0.4, 0.5) is 4.79 Å². The highest BCUT2D eigenvalue weighted by Gasteiger charge is 2.25. The zero-order valence-electron chi connectivity index (χ0n) is 11.7. The predicted octanol–water partition coefficient (Wildman–Crippen LogP) is 0.536. The van der Waals surface area contributed by atoms with E-state index in [4.69, 9.17) is 9.47 Å². The minimum Gasteiger partial charge on any atom is -0.546 e. The molecule has 1 saturated heterocycles. The van der Waals surface area contributed by atoms with Crippen LogP contribution in [-0.4, -0.2) is 30.3 Å². The molecule has 0 aromatic heterocycles. The maximum Gasteiger partial charge on any atom is 0.290 e. The van der Waals surface area contributed by atoms with Gasteiger partial charge in [-0.3, -0.25) is 14.9 Å². The first-order valence-corrected chi connectivity index (χ1v) is 7.02. The summed E-state index contributed by atoms with van der Waals surface area (Å²) in [5.74, 6) is -1.26. The summed E-state index contributed by atoms with van der Waals surface area (Å²) in [7, 11) is 1.41. The predicted molar refractivity (Wildman–Crippen MR) is 77.2 cm³/mol. The van der Waals surface area contributed by atoms with Crippen molar-refractivity contribution in [3.63, 3.8) is 0 Å². The number of methoxy groups -OCH3 is 1. The van der Waals surface area contributed by atoms with Crippen LogP contribution < -0.4 is 19.9 Å². The maximum atomic E-state index is 11.5. The average molecular weight is 322 g/mol. The summed E-state index contributed by atoms with van der Waals surface area (Å²) in [6, 6.07) is 4.70. The fraction of sp³-hybridized carbons (Fsp3) is 0.214.